The topological polar surface area (TPSA) is 68.0 Å². The average Bonchev–Trinajstić information content (AvgIpc) is 2.93. The van der Waals surface area contributed by atoms with Crippen LogP contribution < -0.4 is 11.1 Å². The van der Waals surface area contributed by atoms with E-state index in [9.17, 15) is 4.79 Å². The van der Waals surface area contributed by atoms with Gasteiger partial charge < -0.3 is 11.1 Å². The van der Waals surface area contributed by atoms with E-state index in [-0.39, 0.29) is 17.4 Å². The van der Waals surface area contributed by atoms with Gasteiger partial charge in [0.15, 0.2) is 0 Å². The maximum atomic E-state index is 12.4. The van der Waals surface area contributed by atoms with Crippen molar-refractivity contribution in [2.24, 2.45) is 11.1 Å². The Balaban J connectivity index is 2.21. The molecule has 21 heavy (non-hydrogen) atoms. The van der Waals surface area contributed by atoms with Crippen molar-refractivity contribution in [3.63, 3.8) is 0 Å². The van der Waals surface area contributed by atoms with E-state index in [2.05, 4.69) is 31.1 Å². The second kappa shape index (κ2) is 6.37. The highest BCUT2D eigenvalue weighted by molar-refractivity contribution is 7.09. The van der Waals surface area contributed by atoms with Gasteiger partial charge in [0, 0.05) is 11.9 Å². The number of benzene rings is 1. The molecule has 1 amide bonds. The van der Waals surface area contributed by atoms with E-state index in [1.54, 1.807) is 5.38 Å². The normalized spacial score (nSPS) is 13.0. The lowest BCUT2D eigenvalue weighted by molar-refractivity contribution is 0.0897. The third-order valence-electron chi connectivity index (χ3n) is 3.23. The highest BCUT2D eigenvalue weighted by Gasteiger charge is 2.28. The molecule has 2 aromatic rings. The molecule has 1 aromatic carbocycles. The number of rotatable bonds is 4. The van der Waals surface area contributed by atoms with Crippen LogP contribution in [0.5, 0.6) is 0 Å². The van der Waals surface area contributed by atoms with Gasteiger partial charge in [-0.1, -0.05) is 51.1 Å². The number of thiazole rings is 1. The van der Waals surface area contributed by atoms with Crippen LogP contribution in [0, 0.1) is 5.41 Å². The van der Waals surface area contributed by atoms with E-state index in [4.69, 9.17) is 5.73 Å². The van der Waals surface area contributed by atoms with Crippen molar-refractivity contribution in [3.05, 3.63) is 52.0 Å². The molecule has 0 saturated carbocycles. The third-order valence-corrected chi connectivity index (χ3v) is 4.10. The fourth-order valence-electron chi connectivity index (χ4n) is 2.16. The summed E-state index contributed by atoms with van der Waals surface area (Å²) in [7, 11) is 0. The molecule has 0 aliphatic carbocycles. The molecule has 1 unspecified atom stereocenters. The lowest BCUT2D eigenvalue weighted by atomic mass is 9.82. The van der Waals surface area contributed by atoms with Gasteiger partial charge in [-0.2, -0.15) is 0 Å². The van der Waals surface area contributed by atoms with Crippen molar-refractivity contribution in [2.75, 3.05) is 0 Å². The highest BCUT2D eigenvalue weighted by Crippen LogP contribution is 2.32. The van der Waals surface area contributed by atoms with Crippen LogP contribution in [0.3, 0.4) is 0 Å². The van der Waals surface area contributed by atoms with Crippen LogP contribution >= 0.6 is 11.3 Å². The van der Waals surface area contributed by atoms with Gasteiger partial charge in [0.2, 0.25) is 0 Å². The number of hydrogen-bond acceptors (Lipinski definition) is 4. The molecule has 3 N–H and O–H groups in total. The molecule has 0 bridgehead atoms. The Morgan fingerprint density at radius 2 is 2.00 bits per heavy atom. The minimum absolute atomic E-state index is 0.0748. The van der Waals surface area contributed by atoms with Crippen molar-refractivity contribution >= 4 is 17.2 Å². The number of nitrogens with two attached hydrogens (primary N) is 1. The summed E-state index contributed by atoms with van der Waals surface area (Å²) >= 11 is 1.41. The van der Waals surface area contributed by atoms with E-state index in [0.717, 1.165) is 10.6 Å². The number of hydrogen-bond donors (Lipinski definition) is 2. The van der Waals surface area contributed by atoms with Crippen molar-refractivity contribution in [2.45, 2.75) is 33.4 Å². The number of amides is 1. The average molecular weight is 303 g/mol. The summed E-state index contributed by atoms with van der Waals surface area (Å²) in [5, 5.41) is 5.61. The molecular weight excluding hydrogens is 282 g/mol. The van der Waals surface area contributed by atoms with Crippen molar-refractivity contribution in [1.82, 2.24) is 10.3 Å². The Labute approximate surface area is 129 Å². The number of nitrogens with one attached hydrogen (secondary N) is 1. The predicted octanol–water partition coefficient (Wildman–Crippen LogP) is 3.12. The zero-order valence-electron chi connectivity index (χ0n) is 12.6. The first-order chi connectivity index (χ1) is 9.91. The van der Waals surface area contributed by atoms with Crippen LogP contribution in [0.2, 0.25) is 0 Å². The fourth-order valence-corrected chi connectivity index (χ4v) is 2.81. The molecule has 1 heterocycles. The Morgan fingerprint density at radius 3 is 2.52 bits per heavy atom. The molecule has 0 spiro atoms. The number of nitrogens with zero attached hydrogens (tertiary/aromatic N) is 1. The van der Waals surface area contributed by atoms with Crippen LogP contribution in [0.1, 0.15) is 47.9 Å². The predicted molar refractivity (Wildman–Crippen MR) is 86.1 cm³/mol. The van der Waals surface area contributed by atoms with E-state index in [0.29, 0.717) is 12.2 Å². The molecule has 1 aromatic heterocycles. The first-order valence-corrected chi connectivity index (χ1v) is 7.80. The van der Waals surface area contributed by atoms with Crippen molar-refractivity contribution in [3.8, 4) is 0 Å². The molecule has 5 heteroatoms. The molecule has 0 aliphatic heterocycles. The second-order valence-corrected chi connectivity index (χ2v) is 6.96. The van der Waals surface area contributed by atoms with Gasteiger partial charge in [0.05, 0.1) is 6.04 Å². The summed E-state index contributed by atoms with van der Waals surface area (Å²) in [5.74, 6) is -0.158. The molecule has 0 fully saturated rings. The SMILES string of the molecule is CC(C)(C)C(NC(=O)c1csc(CN)n1)c1ccccc1. The van der Waals surface area contributed by atoms with Gasteiger partial charge in [0.1, 0.15) is 10.7 Å². The minimum Gasteiger partial charge on any atom is -0.343 e. The Hall–Kier alpha value is -1.72. The summed E-state index contributed by atoms with van der Waals surface area (Å²) in [6.07, 6.45) is 0. The van der Waals surface area contributed by atoms with Gasteiger partial charge in [0.25, 0.3) is 5.91 Å². The molecule has 4 nitrogen and oxygen atoms in total. The van der Waals surface area contributed by atoms with Crippen LogP contribution in [0.15, 0.2) is 35.7 Å². The van der Waals surface area contributed by atoms with Crippen LogP contribution in [0.25, 0.3) is 0 Å². The van der Waals surface area contributed by atoms with Crippen LogP contribution in [0.4, 0.5) is 0 Å². The van der Waals surface area contributed by atoms with Crippen molar-refractivity contribution in [1.29, 1.82) is 0 Å². The molecule has 1 atom stereocenters. The zero-order chi connectivity index (χ0) is 15.5. The summed E-state index contributed by atoms with van der Waals surface area (Å²) in [4.78, 5) is 16.6. The molecule has 0 radical (unpaired) electrons. The number of aromatic nitrogens is 1. The molecular formula is C16H21N3OS. The van der Waals surface area contributed by atoms with E-state index in [1.165, 1.54) is 11.3 Å². The Bertz CT molecular complexity index is 601. The maximum absolute atomic E-state index is 12.4. The Morgan fingerprint density at radius 1 is 1.33 bits per heavy atom. The summed E-state index contributed by atoms with van der Waals surface area (Å²) < 4.78 is 0. The molecule has 0 aliphatic rings. The molecule has 0 saturated heterocycles. The van der Waals surface area contributed by atoms with E-state index >= 15 is 0 Å². The second-order valence-electron chi connectivity index (χ2n) is 6.01. The molecule has 2 rings (SSSR count). The van der Waals surface area contributed by atoms with Gasteiger partial charge in [-0.15, -0.1) is 11.3 Å². The van der Waals surface area contributed by atoms with Crippen LogP contribution in [-0.4, -0.2) is 10.9 Å². The fraction of sp³-hybridized carbons (Fsp3) is 0.375. The summed E-state index contributed by atoms with van der Waals surface area (Å²) in [6.45, 7) is 6.69. The quantitative estimate of drug-likeness (QED) is 0.912. The maximum Gasteiger partial charge on any atom is 0.271 e. The van der Waals surface area contributed by atoms with E-state index < -0.39 is 0 Å². The molecule has 112 valence electrons. The number of carbonyl (C=O) groups is 1. The standard InChI is InChI=1S/C16H21N3OS/c1-16(2,3)14(11-7-5-4-6-8-11)19-15(20)12-10-21-13(9-17)18-12/h4-8,10,14H,9,17H2,1-3H3,(H,19,20). The lowest BCUT2D eigenvalue weighted by Gasteiger charge is -2.31. The van der Waals surface area contributed by atoms with Crippen LogP contribution in [-0.2, 0) is 6.54 Å². The van der Waals surface area contributed by atoms with Gasteiger partial charge in [-0.25, -0.2) is 4.98 Å². The third kappa shape index (κ3) is 3.89. The smallest absolute Gasteiger partial charge is 0.271 e. The lowest BCUT2D eigenvalue weighted by Crippen LogP contribution is -2.36. The monoisotopic (exact) mass is 303 g/mol. The Kier molecular flexibility index (Phi) is 4.75. The highest BCUT2D eigenvalue weighted by atomic mass is 32.1. The minimum atomic E-state index is -0.158. The summed E-state index contributed by atoms with van der Waals surface area (Å²) in [5.41, 5.74) is 6.97. The summed E-state index contributed by atoms with van der Waals surface area (Å²) in [6, 6.07) is 9.92. The van der Waals surface area contributed by atoms with Gasteiger partial charge in [-0.05, 0) is 11.0 Å². The van der Waals surface area contributed by atoms with E-state index in [1.807, 2.05) is 30.3 Å². The van der Waals surface area contributed by atoms with Gasteiger partial charge in [-0.3, -0.25) is 4.79 Å². The van der Waals surface area contributed by atoms with Crippen molar-refractivity contribution < 1.29 is 4.79 Å². The number of carbonyl (C=O) groups excluding carboxylic acids is 1. The van der Waals surface area contributed by atoms with Gasteiger partial charge >= 0.3 is 0 Å². The largest absolute Gasteiger partial charge is 0.343 e. The first kappa shape index (κ1) is 15.7. The first-order valence-electron chi connectivity index (χ1n) is 6.92. The zero-order valence-corrected chi connectivity index (χ0v) is 13.4.